The molecule has 0 aliphatic heterocycles. The summed E-state index contributed by atoms with van der Waals surface area (Å²) in [5.41, 5.74) is -1.63. The molecular formula is C16H16N6O3. The van der Waals surface area contributed by atoms with Crippen molar-refractivity contribution in [2.24, 2.45) is 0 Å². The zero-order chi connectivity index (χ0) is 18.0. The Morgan fingerprint density at radius 1 is 0.960 bits per heavy atom. The molecule has 0 fully saturated rings. The van der Waals surface area contributed by atoms with Crippen molar-refractivity contribution in [2.75, 3.05) is 0 Å². The van der Waals surface area contributed by atoms with E-state index in [1.165, 1.54) is 12.2 Å². The molecule has 0 aliphatic rings. The van der Waals surface area contributed by atoms with Gasteiger partial charge < -0.3 is 0 Å². The van der Waals surface area contributed by atoms with E-state index >= 15 is 0 Å². The second-order valence-electron chi connectivity index (χ2n) is 5.29. The summed E-state index contributed by atoms with van der Waals surface area (Å²) in [5.74, 6) is 0.455. The van der Waals surface area contributed by atoms with Gasteiger partial charge in [0.25, 0.3) is 0 Å². The zero-order valence-electron chi connectivity index (χ0n) is 13.4. The first kappa shape index (κ1) is 16.4. The number of imidazole rings is 1. The molecule has 0 saturated carbocycles. The molecule has 0 spiro atoms. The third-order valence-corrected chi connectivity index (χ3v) is 3.61. The fourth-order valence-electron chi connectivity index (χ4n) is 2.51. The normalized spacial score (nSPS) is 10.9. The van der Waals surface area contributed by atoms with Crippen molar-refractivity contribution < 1.29 is 0 Å². The quantitative estimate of drug-likeness (QED) is 0.571. The predicted molar refractivity (Wildman–Crippen MR) is 91.7 cm³/mol. The second-order valence-corrected chi connectivity index (χ2v) is 5.29. The summed E-state index contributed by atoms with van der Waals surface area (Å²) in [6.45, 7) is 7.01. The van der Waals surface area contributed by atoms with E-state index in [4.69, 9.17) is 0 Å². The van der Waals surface area contributed by atoms with Crippen LogP contribution in [0.3, 0.4) is 0 Å². The molecule has 128 valence electrons. The third-order valence-electron chi connectivity index (χ3n) is 3.61. The minimum Gasteiger partial charge on any atom is -0.291 e. The van der Waals surface area contributed by atoms with Crippen LogP contribution in [0.5, 0.6) is 0 Å². The molecular weight excluding hydrogens is 324 g/mol. The van der Waals surface area contributed by atoms with E-state index in [0.29, 0.717) is 11.5 Å². The molecule has 3 aromatic heterocycles. The minimum atomic E-state index is -0.708. The molecule has 25 heavy (non-hydrogen) atoms. The maximum atomic E-state index is 12.6. The summed E-state index contributed by atoms with van der Waals surface area (Å²) < 4.78 is 4.55. The van der Waals surface area contributed by atoms with E-state index in [9.17, 15) is 14.4 Å². The van der Waals surface area contributed by atoms with Crippen molar-refractivity contribution in [2.45, 2.75) is 19.6 Å². The van der Waals surface area contributed by atoms with E-state index in [1.54, 1.807) is 29.1 Å². The van der Waals surface area contributed by atoms with E-state index in [0.717, 1.165) is 13.7 Å². The predicted octanol–water partition coefficient (Wildman–Crippen LogP) is -0.365. The molecule has 0 saturated heterocycles. The molecule has 0 N–H and O–H groups in total. The van der Waals surface area contributed by atoms with Gasteiger partial charge in [0.15, 0.2) is 0 Å². The number of fused-ring (bicyclic) bond motifs is 1. The first-order valence-corrected chi connectivity index (χ1v) is 7.51. The van der Waals surface area contributed by atoms with Crippen LogP contribution in [-0.2, 0) is 19.6 Å². The fraction of sp³-hybridized carbons (Fsp3) is 0.188. The number of hydrogen-bond donors (Lipinski definition) is 0. The number of rotatable bonds is 6. The SMILES string of the molecule is C=CCn1c(=O)n(CC=C)c(=O)n(Cc2cn3cccnc3n2)c1=O. The Morgan fingerprint density at radius 2 is 1.56 bits per heavy atom. The number of nitrogens with zero attached hydrogens (tertiary/aromatic N) is 6. The van der Waals surface area contributed by atoms with Crippen LogP contribution in [0.15, 0.2) is 64.4 Å². The van der Waals surface area contributed by atoms with Gasteiger partial charge in [0.2, 0.25) is 5.78 Å². The summed E-state index contributed by atoms with van der Waals surface area (Å²) in [5, 5.41) is 0. The Kier molecular flexibility index (Phi) is 4.29. The molecule has 9 nitrogen and oxygen atoms in total. The lowest BCUT2D eigenvalue weighted by Gasteiger charge is -2.11. The Hall–Kier alpha value is -3.49. The van der Waals surface area contributed by atoms with Gasteiger partial charge in [-0.3, -0.25) is 4.40 Å². The molecule has 0 radical (unpaired) electrons. The number of allylic oxidation sites excluding steroid dienone is 2. The van der Waals surface area contributed by atoms with Crippen LogP contribution in [0.4, 0.5) is 0 Å². The second kappa shape index (κ2) is 6.56. The van der Waals surface area contributed by atoms with Gasteiger partial charge in [0, 0.05) is 18.6 Å². The van der Waals surface area contributed by atoms with Crippen LogP contribution in [0.25, 0.3) is 5.78 Å². The summed E-state index contributed by atoms with van der Waals surface area (Å²) >= 11 is 0. The van der Waals surface area contributed by atoms with Crippen molar-refractivity contribution in [3.8, 4) is 0 Å². The van der Waals surface area contributed by atoms with Crippen molar-refractivity contribution >= 4 is 5.78 Å². The van der Waals surface area contributed by atoms with Gasteiger partial charge in [-0.05, 0) is 6.07 Å². The standard InChI is InChI=1S/C16H16N6O3/c1-3-7-20-14(23)21(8-4-2)16(25)22(15(20)24)11-12-10-19-9-5-6-17-13(19)18-12/h3-6,9-10H,1-2,7-8,11H2. The summed E-state index contributed by atoms with van der Waals surface area (Å²) in [4.78, 5) is 45.8. The van der Waals surface area contributed by atoms with Crippen LogP contribution in [0, 0.1) is 0 Å². The molecule has 0 aromatic carbocycles. The van der Waals surface area contributed by atoms with Crippen LogP contribution in [0.1, 0.15) is 5.69 Å². The molecule has 3 aromatic rings. The monoisotopic (exact) mass is 340 g/mol. The highest BCUT2D eigenvalue weighted by Crippen LogP contribution is 2.02. The van der Waals surface area contributed by atoms with Gasteiger partial charge in [0.1, 0.15) is 0 Å². The Balaban J connectivity index is 2.18. The highest BCUT2D eigenvalue weighted by molar-refractivity contribution is 5.29. The van der Waals surface area contributed by atoms with Gasteiger partial charge in [0.05, 0.1) is 25.3 Å². The Labute approximate surface area is 141 Å². The smallest absolute Gasteiger partial charge is 0.291 e. The number of hydrogen-bond acceptors (Lipinski definition) is 5. The van der Waals surface area contributed by atoms with Crippen molar-refractivity contribution in [3.05, 3.63) is 87.1 Å². The van der Waals surface area contributed by atoms with E-state index in [1.807, 2.05) is 0 Å². The largest absolute Gasteiger partial charge is 0.336 e. The van der Waals surface area contributed by atoms with Gasteiger partial charge in [-0.15, -0.1) is 13.2 Å². The molecule has 0 aliphatic carbocycles. The van der Waals surface area contributed by atoms with E-state index < -0.39 is 17.1 Å². The summed E-state index contributed by atoms with van der Waals surface area (Å²) in [7, 11) is 0. The molecule has 9 heteroatoms. The van der Waals surface area contributed by atoms with Gasteiger partial charge in [-0.1, -0.05) is 12.2 Å². The summed E-state index contributed by atoms with van der Waals surface area (Å²) in [6.07, 6.45) is 7.88. The highest BCUT2D eigenvalue weighted by atomic mass is 16.2. The van der Waals surface area contributed by atoms with Crippen molar-refractivity contribution in [1.82, 2.24) is 28.1 Å². The third kappa shape index (κ3) is 2.87. The lowest BCUT2D eigenvalue weighted by molar-refractivity contribution is 0.496. The zero-order valence-corrected chi connectivity index (χ0v) is 13.4. The van der Waals surface area contributed by atoms with Gasteiger partial charge >= 0.3 is 17.1 Å². The maximum Gasteiger partial charge on any atom is 0.336 e. The molecule has 3 heterocycles. The van der Waals surface area contributed by atoms with Crippen molar-refractivity contribution in [1.29, 1.82) is 0 Å². The average molecular weight is 340 g/mol. The average Bonchev–Trinajstić information content (AvgIpc) is 3.02. The van der Waals surface area contributed by atoms with Crippen LogP contribution in [0.2, 0.25) is 0 Å². The van der Waals surface area contributed by atoms with Crippen LogP contribution >= 0.6 is 0 Å². The molecule has 0 bridgehead atoms. The lowest BCUT2D eigenvalue weighted by Crippen LogP contribution is -2.54. The van der Waals surface area contributed by atoms with E-state index in [-0.39, 0.29) is 19.6 Å². The van der Waals surface area contributed by atoms with Crippen LogP contribution < -0.4 is 17.1 Å². The molecule has 0 unspecified atom stereocenters. The minimum absolute atomic E-state index is 0.00180. The van der Waals surface area contributed by atoms with Gasteiger partial charge in [-0.2, -0.15) is 0 Å². The topological polar surface area (TPSA) is 96.2 Å². The molecule has 3 rings (SSSR count). The molecule has 0 amide bonds. The Bertz CT molecular complexity index is 1050. The van der Waals surface area contributed by atoms with Crippen molar-refractivity contribution in [3.63, 3.8) is 0 Å². The fourth-order valence-corrected chi connectivity index (χ4v) is 2.51. The van der Waals surface area contributed by atoms with Crippen LogP contribution in [-0.4, -0.2) is 28.1 Å². The number of aromatic nitrogens is 6. The maximum absolute atomic E-state index is 12.6. The summed E-state index contributed by atoms with van der Waals surface area (Å²) in [6, 6.07) is 1.74. The van der Waals surface area contributed by atoms with Gasteiger partial charge in [-0.25, -0.2) is 38.1 Å². The molecule has 0 atom stereocenters. The highest BCUT2D eigenvalue weighted by Gasteiger charge is 2.15. The first-order chi connectivity index (χ1) is 12.1. The Morgan fingerprint density at radius 3 is 2.12 bits per heavy atom. The van der Waals surface area contributed by atoms with E-state index in [2.05, 4.69) is 23.1 Å². The lowest BCUT2D eigenvalue weighted by atomic mass is 10.4. The first-order valence-electron chi connectivity index (χ1n) is 7.51.